The van der Waals surface area contributed by atoms with Gasteiger partial charge in [0.05, 0.1) is 26.2 Å². The van der Waals surface area contributed by atoms with E-state index in [1.807, 2.05) is 31.2 Å². The molecule has 1 fully saturated rings. The van der Waals surface area contributed by atoms with Crippen LogP contribution in [0, 0.1) is 6.92 Å². The summed E-state index contributed by atoms with van der Waals surface area (Å²) in [7, 11) is -3.39. The third-order valence-corrected chi connectivity index (χ3v) is 7.50. The highest BCUT2D eigenvalue weighted by Gasteiger charge is 2.31. The first-order chi connectivity index (χ1) is 11.9. The molecule has 0 bridgehead atoms. The standard InChI is InChI=1S/C17H21N3O3S2/c1-14-4-2-5-15(12-14)18-16(21)13-19-7-9-20(10-8-19)25(22,23)17-6-3-11-24-17/h2-6,11-12H,7-10,13H2,1H3,(H,18,21)/p+1. The van der Waals surface area contributed by atoms with Crippen LogP contribution in [-0.4, -0.2) is 51.4 Å². The average molecular weight is 381 g/mol. The van der Waals surface area contributed by atoms with Crippen molar-refractivity contribution in [2.45, 2.75) is 11.1 Å². The molecule has 0 unspecified atom stereocenters. The molecular formula is C17H22N3O3S2+. The van der Waals surface area contributed by atoms with Crippen LogP contribution in [-0.2, 0) is 14.8 Å². The number of piperazine rings is 1. The van der Waals surface area contributed by atoms with Crippen LogP contribution in [0.1, 0.15) is 5.56 Å². The van der Waals surface area contributed by atoms with Crippen LogP contribution in [0.3, 0.4) is 0 Å². The van der Waals surface area contributed by atoms with Gasteiger partial charge in [-0.15, -0.1) is 11.3 Å². The summed E-state index contributed by atoms with van der Waals surface area (Å²) in [5.41, 5.74) is 1.89. The lowest BCUT2D eigenvalue weighted by molar-refractivity contribution is -0.895. The molecule has 1 aliphatic rings. The van der Waals surface area contributed by atoms with Crippen molar-refractivity contribution in [3.05, 3.63) is 47.3 Å². The number of nitrogens with one attached hydrogen (secondary N) is 2. The molecule has 3 rings (SSSR count). The first kappa shape index (κ1) is 18.1. The number of amides is 1. The Hall–Kier alpha value is -1.74. The van der Waals surface area contributed by atoms with Crippen molar-refractivity contribution in [3.63, 3.8) is 0 Å². The monoisotopic (exact) mass is 380 g/mol. The third kappa shape index (κ3) is 4.46. The van der Waals surface area contributed by atoms with Crippen molar-refractivity contribution in [1.29, 1.82) is 0 Å². The first-order valence-corrected chi connectivity index (χ1v) is 10.5. The molecule has 1 aliphatic heterocycles. The second-order valence-electron chi connectivity index (χ2n) is 6.18. The summed E-state index contributed by atoms with van der Waals surface area (Å²) in [6.45, 7) is 4.47. The first-order valence-electron chi connectivity index (χ1n) is 8.19. The minimum atomic E-state index is -3.39. The Morgan fingerprint density at radius 2 is 2.00 bits per heavy atom. The molecule has 1 aromatic heterocycles. The number of nitrogens with zero attached hydrogens (tertiary/aromatic N) is 1. The number of aryl methyl sites for hydroxylation is 1. The van der Waals surface area contributed by atoms with Crippen LogP contribution < -0.4 is 10.2 Å². The molecule has 0 radical (unpaired) electrons. The van der Waals surface area contributed by atoms with E-state index >= 15 is 0 Å². The van der Waals surface area contributed by atoms with Gasteiger partial charge in [-0.3, -0.25) is 4.79 Å². The molecule has 2 aromatic rings. The number of hydrogen-bond acceptors (Lipinski definition) is 4. The van der Waals surface area contributed by atoms with Gasteiger partial charge in [0.25, 0.3) is 15.9 Å². The Bertz CT molecular complexity index is 827. The van der Waals surface area contributed by atoms with Crippen molar-refractivity contribution >= 4 is 33.0 Å². The molecule has 2 N–H and O–H groups in total. The molecule has 1 aromatic carbocycles. The van der Waals surface area contributed by atoms with Crippen molar-refractivity contribution in [2.24, 2.45) is 0 Å². The van der Waals surface area contributed by atoms with Crippen molar-refractivity contribution in [1.82, 2.24) is 4.31 Å². The maximum absolute atomic E-state index is 12.5. The van der Waals surface area contributed by atoms with E-state index in [9.17, 15) is 13.2 Å². The van der Waals surface area contributed by atoms with Crippen LogP contribution >= 0.6 is 11.3 Å². The number of hydrogen-bond donors (Lipinski definition) is 2. The number of carbonyl (C=O) groups excluding carboxylic acids is 1. The van der Waals surface area contributed by atoms with E-state index in [1.165, 1.54) is 15.6 Å². The minimum absolute atomic E-state index is 0.0461. The molecule has 6 nitrogen and oxygen atoms in total. The molecule has 2 heterocycles. The SMILES string of the molecule is Cc1cccc(NC(=O)C[NH+]2CCN(S(=O)(=O)c3cccs3)CC2)c1. The molecule has 0 saturated carbocycles. The molecule has 0 spiro atoms. The summed E-state index contributed by atoms with van der Waals surface area (Å²) < 4.78 is 26.9. The van der Waals surface area contributed by atoms with E-state index in [4.69, 9.17) is 0 Å². The molecular weight excluding hydrogens is 358 g/mol. The Morgan fingerprint density at radius 1 is 1.24 bits per heavy atom. The van der Waals surface area contributed by atoms with Gasteiger partial charge < -0.3 is 10.2 Å². The van der Waals surface area contributed by atoms with E-state index in [0.717, 1.165) is 16.2 Å². The van der Waals surface area contributed by atoms with Crippen LogP contribution in [0.15, 0.2) is 46.0 Å². The maximum atomic E-state index is 12.5. The number of carbonyl (C=O) groups is 1. The average Bonchev–Trinajstić information content (AvgIpc) is 3.10. The summed E-state index contributed by atoms with van der Waals surface area (Å²) in [6, 6.07) is 11.1. The zero-order chi connectivity index (χ0) is 17.9. The quantitative estimate of drug-likeness (QED) is 0.797. The van der Waals surface area contributed by atoms with Gasteiger partial charge in [0, 0.05) is 5.69 Å². The molecule has 1 saturated heterocycles. The lowest BCUT2D eigenvalue weighted by atomic mass is 10.2. The molecule has 0 aliphatic carbocycles. The van der Waals surface area contributed by atoms with Gasteiger partial charge >= 0.3 is 0 Å². The summed E-state index contributed by atoms with van der Waals surface area (Å²) >= 11 is 1.24. The van der Waals surface area contributed by atoms with E-state index in [0.29, 0.717) is 36.9 Å². The summed E-state index contributed by atoms with van der Waals surface area (Å²) in [6.07, 6.45) is 0. The van der Waals surface area contributed by atoms with Crippen molar-refractivity contribution < 1.29 is 18.1 Å². The zero-order valence-electron chi connectivity index (χ0n) is 14.1. The second kappa shape index (κ2) is 7.65. The Balaban J connectivity index is 1.52. The lowest BCUT2D eigenvalue weighted by Gasteiger charge is -2.30. The normalized spacial score (nSPS) is 16.7. The van der Waals surface area contributed by atoms with E-state index in [1.54, 1.807) is 17.5 Å². The fraction of sp³-hybridized carbons (Fsp3) is 0.353. The smallest absolute Gasteiger partial charge is 0.279 e. The number of thiophene rings is 1. The Kier molecular flexibility index (Phi) is 5.53. The topological polar surface area (TPSA) is 70.9 Å². The fourth-order valence-corrected chi connectivity index (χ4v) is 5.50. The lowest BCUT2D eigenvalue weighted by Crippen LogP contribution is -3.15. The molecule has 25 heavy (non-hydrogen) atoms. The third-order valence-electron chi connectivity index (χ3n) is 4.23. The highest BCUT2D eigenvalue weighted by molar-refractivity contribution is 7.91. The van der Waals surface area contributed by atoms with Crippen molar-refractivity contribution in [3.8, 4) is 0 Å². The van der Waals surface area contributed by atoms with Gasteiger partial charge in [0.15, 0.2) is 6.54 Å². The molecule has 134 valence electrons. The predicted octanol–water partition coefficient (Wildman–Crippen LogP) is 0.584. The highest BCUT2D eigenvalue weighted by atomic mass is 32.2. The molecule has 0 atom stereocenters. The summed E-state index contributed by atoms with van der Waals surface area (Å²) in [4.78, 5) is 13.3. The molecule has 8 heteroatoms. The van der Waals surface area contributed by atoms with Gasteiger partial charge in [0.1, 0.15) is 4.21 Å². The molecule has 1 amide bonds. The number of rotatable bonds is 5. The Morgan fingerprint density at radius 3 is 2.64 bits per heavy atom. The van der Waals surface area contributed by atoms with Gasteiger partial charge in [-0.25, -0.2) is 8.42 Å². The highest BCUT2D eigenvalue weighted by Crippen LogP contribution is 2.20. The van der Waals surface area contributed by atoms with Crippen LogP contribution in [0.25, 0.3) is 0 Å². The van der Waals surface area contributed by atoms with Crippen LogP contribution in [0.5, 0.6) is 0 Å². The van der Waals surface area contributed by atoms with Crippen LogP contribution in [0.2, 0.25) is 0 Å². The van der Waals surface area contributed by atoms with E-state index < -0.39 is 10.0 Å². The van der Waals surface area contributed by atoms with E-state index in [-0.39, 0.29) is 5.91 Å². The Labute approximate surface area is 152 Å². The van der Waals surface area contributed by atoms with E-state index in [2.05, 4.69) is 5.32 Å². The summed E-state index contributed by atoms with van der Waals surface area (Å²) in [5.74, 6) is -0.0461. The number of anilines is 1. The van der Waals surface area contributed by atoms with Gasteiger partial charge in [0.2, 0.25) is 0 Å². The minimum Gasteiger partial charge on any atom is -0.325 e. The number of quaternary nitrogens is 1. The van der Waals surface area contributed by atoms with Gasteiger partial charge in [-0.1, -0.05) is 18.2 Å². The largest absolute Gasteiger partial charge is 0.325 e. The zero-order valence-corrected chi connectivity index (χ0v) is 15.7. The maximum Gasteiger partial charge on any atom is 0.279 e. The predicted molar refractivity (Wildman–Crippen MR) is 98.5 cm³/mol. The van der Waals surface area contributed by atoms with Crippen LogP contribution in [0.4, 0.5) is 5.69 Å². The summed E-state index contributed by atoms with van der Waals surface area (Å²) in [5, 5.41) is 4.67. The fourth-order valence-electron chi connectivity index (χ4n) is 2.91. The van der Waals surface area contributed by atoms with Gasteiger partial charge in [-0.2, -0.15) is 4.31 Å². The van der Waals surface area contributed by atoms with Gasteiger partial charge in [-0.05, 0) is 36.1 Å². The number of sulfonamides is 1. The van der Waals surface area contributed by atoms with Crippen molar-refractivity contribution in [2.75, 3.05) is 38.0 Å². The second-order valence-corrected chi connectivity index (χ2v) is 9.29. The number of benzene rings is 1.